The maximum Gasteiger partial charge on any atom is 0.237 e. The lowest BCUT2D eigenvalue weighted by Crippen LogP contribution is -2.40. The molecule has 0 aromatic heterocycles. The third kappa shape index (κ3) is 4.69. The molecule has 0 radical (unpaired) electrons. The lowest BCUT2D eigenvalue weighted by Gasteiger charge is -2.28. The summed E-state index contributed by atoms with van der Waals surface area (Å²) in [5.41, 5.74) is 1.01. The van der Waals surface area contributed by atoms with Crippen LogP contribution in [0.4, 0.5) is 0 Å². The first-order chi connectivity index (χ1) is 13.0. The van der Waals surface area contributed by atoms with E-state index in [0.717, 1.165) is 12.0 Å². The molecule has 1 aromatic carbocycles. The summed E-state index contributed by atoms with van der Waals surface area (Å²) >= 11 is 1.66. The Morgan fingerprint density at radius 2 is 1.89 bits per heavy atom. The van der Waals surface area contributed by atoms with Crippen molar-refractivity contribution < 1.29 is 19.1 Å². The molecule has 0 N–H and O–H groups in total. The minimum atomic E-state index is -0.0855. The van der Waals surface area contributed by atoms with Gasteiger partial charge in [0, 0.05) is 26.1 Å². The van der Waals surface area contributed by atoms with Gasteiger partial charge in [-0.05, 0) is 31.0 Å². The van der Waals surface area contributed by atoms with E-state index in [2.05, 4.69) is 0 Å². The van der Waals surface area contributed by atoms with Gasteiger partial charge >= 0.3 is 0 Å². The van der Waals surface area contributed by atoms with E-state index < -0.39 is 0 Å². The van der Waals surface area contributed by atoms with Crippen molar-refractivity contribution >= 4 is 23.6 Å². The van der Waals surface area contributed by atoms with Crippen LogP contribution < -0.4 is 9.47 Å². The number of likely N-dealkylation sites (N-methyl/N-ethyl adjacent to an activating group) is 1. The monoisotopic (exact) mass is 394 g/mol. The van der Waals surface area contributed by atoms with E-state index in [4.69, 9.17) is 9.47 Å². The van der Waals surface area contributed by atoms with Crippen molar-refractivity contribution in [2.45, 2.75) is 44.2 Å². The van der Waals surface area contributed by atoms with Gasteiger partial charge in [-0.3, -0.25) is 9.59 Å². The molecule has 0 saturated carbocycles. The van der Waals surface area contributed by atoms with Crippen LogP contribution in [0.2, 0.25) is 0 Å². The predicted octanol–water partition coefficient (Wildman–Crippen LogP) is 3.31. The molecular weight excluding hydrogens is 364 g/mol. The highest BCUT2D eigenvalue weighted by atomic mass is 32.2. The van der Waals surface area contributed by atoms with Crippen LogP contribution in [0.15, 0.2) is 18.2 Å². The van der Waals surface area contributed by atoms with Gasteiger partial charge in [0.1, 0.15) is 5.37 Å². The van der Waals surface area contributed by atoms with Crippen LogP contribution >= 0.6 is 11.8 Å². The van der Waals surface area contributed by atoms with Gasteiger partial charge in [-0.2, -0.15) is 0 Å². The van der Waals surface area contributed by atoms with E-state index in [9.17, 15) is 9.59 Å². The molecule has 1 heterocycles. The number of benzene rings is 1. The molecule has 2 atom stereocenters. The maximum atomic E-state index is 12.9. The van der Waals surface area contributed by atoms with Crippen LogP contribution in [0.1, 0.15) is 44.6 Å². The average Bonchev–Trinajstić information content (AvgIpc) is 3.03. The molecule has 6 nitrogen and oxygen atoms in total. The largest absolute Gasteiger partial charge is 0.493 e. The summed E-state index contributed by atoms with van der Waals surface area (Å²) in [4.78, 5) is 28.6. The topological polar surface area (TPSA) is 59.1 Å². The van der Waals surface area contributed by atoms with Crippen LogP contribution in [-0.4, -0.2) is 60.7 Å². The average molecular weight is 395 g/mol. The van der Waals surface area contributed by atoms with E-state index >= 15 is 0 Å². The van der Waals surface area contributed by atoms with Crippen molar-refractivity contribution in [3.05, 3.63) is 23.8 Å². The lowest BCUT2D eigenvalue weighted by atomic mass is 10.1. The molecular formula is C20H30N2O4S. The van der Waals surface area contributed by atoms with Gasteiger partial charge in [0.15, 0.2) is 11.5 Å². The zero-order chi connectivity index (χ0) is 20.0. The summed E-state index contributed by atoms with van der Waals surface area (Å²) in [6.07, 6.45) is 1.27. The highest BCUT2D eigenvalue weighted by Gasteiger charge is 2.40. The van der Waals surface area contributed by atoms with Gasteiger partial charge in [-0.1, -0.05) is 19.9 Å². The molecule has 1 aromatic rings. The zero-order valence-electron chi connectivity index (χ0n) is 16.9. The number of methoxy groups -OCH3 is 2. The fourth-order valence-corrected chi connectivity index (χ4v) is 4.68. The van der Waals surface area contributed by atoms with Gasteiger partial charge in [-0.15, -0.1) is 11.8 Å². The predicted molar refractivity (Wildman–Crippen MR) is 108 cm³/mol. The van der Waals surface area contributed by atoms with Crippen molar-refractivity contribution in [3.63, 3.8) is 0 Å². The van der Waals surface area contributed by atoms with Crippen molar-refractivity contribution in [2.75, 3.05) is 33.9 Å². The number of carbonyl (C=O) groups is 2. The van der Waals surface area contributed by atoms with Crippen molar-refractivity contribution in [1.29, 1.82) is 0 Å². The minimum Gasteiger partial charge on any atom is -0.493 e. The summed E-state index contributed by atoms with van der Waals surface area (Å²) < 4.78 is 10.7. The Morgan fingerprint density at radius 1 is 1.19 bits per heavy atom. The molecule has 1 aliphatic heterocycles. The van der Waals surface area contributed by atoms with Gasteiger partial charge < -0.3 is 19.3 Å². The quantitative estimate of drug-likeness (QED) is 0.643. The van der Waals surface area contributed by atoms with Crippen molar-refractivity contribution in [1.82, 2.24) is 9.80 Å². The van der Waals surface area contributed by atoms with Gasteiger partial charge in [0.05, 0.1) is 19.5 Å². The second kappa shape index (κ2) is 9.88. The number of hydrogen-bond acceptors (Lipinski definition) is 5. The molecule has 1 aliphatic rings. The fourth-order valence-electron chi connectivity index (χ4n) is 3.26. The van der Waals surface area contributed by atoms with Crippen LogP contribution in [-0.2, 0) is 9.59 Å². The van der Waals surface area contributed by atoms with Crippen LogP contribution in [0.25, 0.3) is 0 Å². The maximum absolute atomic E-state index is 12.9. The molecule has 27 heavy (non-hydrogen) atoms. The summed E-state index contributed by atoms with van der Waals surface area (Å²) in [6, 6.07) is 5.78. The molecule has 1 saturated heterocycles. The summed E-state index contributed by atoms with van der Waals surface area (Å²) in [6.45, 7) is 7.59. The normalized spacial score (nSPS) is 19.3. The first-order valence-corrected chi connectivity index (χ1v) is 10.4. The fraction of sp³-hybridized carbons (Fsp3) is 0.600. The highest BCUT2D eigenvalue weighted by molar-refractivity contribution is 8.01. The molecule has 7 heteroatoms. The standard InChI is InChI=1S/C20H30N2O4S/c1-6-17-19(24)22(12-11-21(8-3)18(23)7-2)20(27-17)14-9-10-15(25-4)16(13-14)26-5/h9-10,13,17,20H,6-8,11-12H2,1-5H3. The molecule has 0 aliphatic carbocycles. The van der Waals surface area contributed by atoms with Crippen LogP contribution in [0, 0.1) is 0 Å². The third-order valence-electron chi connectivity index (χ3n) is 4.85. The Hall–Kier alpha value is -1.89. The van der Waals surface area contributed by atoms with E-state index in [1.54, 1.807) is 26.0 Å². The molecule has 0 spiro atoms. The number of thioether (sulfide) groups is 1. The minimum absolute atomic E-state index is 0.0555. The van der Waals surface area contributed by atoms with Gasteiger partial charge in [-0.25, -0.2) is 0 Å². The van der Waals surface area contributed by atoms with E-state index in [-0.39, 0.29) is 22.4 Å². The van der Waals surface area contributed by atoms with E-state index in [1.165, 1.54) is 0 Å². The first-order valence-electron chi connectivity index (χ1n) is 9.46. The second-order valence-corrected chi connectivity index (χ2v) is 7.65. The lowest BCUT2D eigenvalue weighted by molar-refractivity contribution is -0.134. The Kier molecular flexibility index (Phi) is 7.83. The molecule has 1 fully saturated rings. The molecule has 2 rings (SSSR count). The van der Waals surface area contributed by atoms with E-state index in [1.807, 2.05) is 48.8 Å². The Balaban J connectivity index is 2.24. The second-order valence-electron chi connectivity index (χ2n) is 6.36. The number of rotatable bonds is 9. The molecule has 2 unspecified atom stereocenters. The number of ether oxygens (including phenoxy) is 2. The Morgan fingerprint density at radius 3 is 2.44 bits per heavy atom. The van der Waals surface area contributed by atoms with Crippen LogP contribution in [0.5, 0.6) is 11.5 Å². The third-order valence-corrected chi connectivity index (χ3v) is 6.49. The summed E-state index contributed by atoms with van der Waals surface area (Å²) in [5, 5.41) is -0.141. The molecule has 150 valence electrons. The Labute approximate surface area is 166 Å². The van der Waals surface area contributed by atoms with Crippen molar-refractivity contribution in [3.8, 4) is 11.5 Å². The molecule has 2 amide bonds. The number of hydrogen-bond donors (Lipinski definition) is 0. The van der Waals surface area contributed by atoms with Gasteiger partial charge in [0.25, 0.3) is 0 Å². The highest BCUT2D eigenvalue weighted by Crippen LogP contribution is 2.45. The summed E-state index contributed by atoms with van der Waals surface area (Å²) in [7, 11) is 3.21. The van der Waals surface area contributed by atoms with Gasteiger partial charge in [0.2, 0.25) is 11.8 Å². The smallest absolute Gasteiger partial charge is 0.237 e. The number of carbonyl (C=O) groups excluding carboxylic acids is 2. The first kappa shape index (κ1) is 21.4. The van der Waals surface area contributed by atoms with E-state index in [0.29, 0.717) is 37.6 Å². The van der Waals surface area contributed by atoms with Crippen LogP contribution in [0.3, 0.4) is 0 Å². The SMILES string of the molecule is CCC(=O)N(CC)CCN1C(=O)C(CC)SC1c1ccc(OC)c(OC)c1. The molecule has 0 bridgehead atoms. The Bertz CT molecular complexity index is 667. The number of nitrogens with zero attached hydrogens (tertiary/aromatic N) is 2. The van der Waals surface area contributed by atoms with Crippen molar-refractivity contribution in [2.24, 2.45) is 0 Å². The number of amides is 2. The summed E-state index contributed by atoms with van der Waals surface area (Å²) in [5.74, 6) is 1.58. The zero-order valence-corrected chi connectivity index (χ0v) is 17.7.